The average molecular weight is 373 g/mol. The number of carbonyl (C=O) groups is 1. The van der Waals surface area contributed by atoms with Crippen molar-refractivity contribution in [2.45, 2.75) is 45.4 Å². The molecule has 0 saturated carbocycles. The SMILES string of the molecule is CC(C)c1noc(N2CCC(CCCOc3ccc(C(=O)O)cc3)CC2)n1. The Morgan fingerprint density at radius 2 is 2.00 bits per heavy atom. The molecule has 0 unspecified atom stereocenters. The van der Waals surface area contributed by atoms with Gasteiger partial charge in [0.1, 0.15) is 5.75 Å². The van der Waals surface area contributed by atoms with Crippen LogP contribution < -0.4 is 9.64 Å². The number of nitrogens with zero attached hydrogens (tertiary/aromatic N) is 3. The lowest BCUT2D eigenvalue weighted by atomic mass is 9.92. The third-order valence-electron chi connectivity index (χ3n) is 4.96. The fraction of sp³-hybridized carbons (Fsp3) is 0.550. The second kappa shape index (κ2) is 8.88. The lowest BCUT2D eigenvalue weighted by Gasteiger charge is -2.30. The summed E-state index contributed by atoms with van der Waals surface area (Å²) < 4.78 is 11.1. The number of rotatable bonds is 8. The Balaban J connectivity index is 1.35. The van der Waals surface area contributed by atoms with Gasteiger partial charge < -0.3 is 19.3 Å². The van der Waals surface area contributed by atoms with Crippen molar-refractivity contribution in [3.8, 4) is 5.75 Å². The van der Waals surface area contributed by atoms with E-state index in [2.05, 4.69) is 28.9 Å². The summed E-state index contributed by atoms with van der Waals surface area (Å²) in [5.41, 5.74) is 0.274. The standard InChI is InChI=1S/C20H27N3O4/c1-14(2)18-21-20(27-22-18)23-11-9-15(10-12-23)4-3-13-26-17-7-5-16(6-8-17)19(24)25/h5-8,14-15H,3-4,9-13H2,1-2H3,(H,24,25). The van der Waals surface area contributed by atoms with Gasteiger partial charge in [0.25, 0.3) is 0 Å². The molecule has 1 aromatic heterocycles. The van der Waals surface area contributed by atoms with E-state index in [4.69, 9.17) is 14.4 Å². The molecule has 146 valence electrons. The summed E-state index contributed by atoms with van der Waals surface area (Å²) in [6.07, 6.45) is 4.35. The predicted octanol–water partition coefficient (Wildman–Crippen LogP) is 3.97. The van der Waals surface area contributed by atoms with Gasteiger partial charge in [0.15, 0.2) is 5.82 Å². The first-order valence-corrected chi connectivity index (χ1v) is 9.57. The van der Waals surface area contributed by atoms with Gasteiger partial charge in [-0.2, -0.15) is 4.98 Å². The van der Waals surface area contributed by atoms with Crippen molar-refractivity contribution in [1.82, 2.24) is 10.1 Å². The molecule has 0 amide bonds. The number of piperidine rings is 1. The van der Waals surface area contributed by atoms with Crippen LogP contribution in [0.5, 0.6) is 5.75 Å². The van der Waals surface area contributed by atoms with E-state index in [1.165, 1.54) is 0 Å². The van der Waals surface area contributed by atoms with Crippen LogP contribution in [0.15, 0.2) is 28.8 Å². The molecule has 0 spiro atoms. The third-order valence-corrected chi connectivity index (χ3v) is 4.96. The Kier molecular flexibility index (Phi) is 6.32. The van der Waals surface area contributed by atoms with Gasteiger partial charge in [-0.15, -0.1) is 0 Å². The van der Waals surface area contributed by atoms with Crippen molar-refractivity contribution in [2.75, 3.05) is 24.6 Å². The summed E-state index contributed by atoms with van der Waals surface area (Å²) in [4.78, 5) is 17.5. The van der Waals surface area contributed by atoms with E-state index in [-0.39, 0.29) is 11.5 Å². The van der Waals surface area contributed by atoms with Crippen LogP contribution in [0.1, 0.15) is 61.6 Å². The van der Waals surface area contributed by atoms with Crippen molar-refractivity contribution in [3.63, 3.8) is 0 Å². The van der Waals surface area contributed by atoms with E-state index < -0.39 is 5.97 Å². The van der Waals surface area contributed by atoms with Crippen LogP contribution in [-0.4, -0.2) is 40.9 Å². The molecule has 1 aliphatic rings. The molecule has 2 aromatic rings. The molecule has 0 radical (unpaired) electrons. The highest BCUT2D eigenvalue weighted by Crippen LogP contribution is 2.26. The van der Waals surface area contributed by atoms with Crippen molar-refractivity contribution >= 4 is 12.0 Å². The van der Waals surface area contributed by atoms with E-state index in [1.807, 2.05) is 0 Å². The second-order valence-corrected chi connectivity index (χ2v) is 7.34. The van der Waals surface area contributed by atoms with E-state index in [9.17, 15) is 4.79 Å². The molecular formula is C20H27N3O4. The van der Waals surface area contributed by atoms with Crippen LogP contribution >= 0.6 is 0 Å². The Labute approximate surface area is 159 Å². The number of hydrogen-bond donors (Lipinski definition) is 1. The van der Waals surface area contributed by atoms with Gasteiger partial charge in [-0.1, -0.05) is 19.0 Å². The van der Waals surface area contributed by atoms with Crippen LogP contribution in [-0.2, 0) is 0 Å². The first-order chi connectivity index (χ1) is 13.0. The minimum atomic E-state index is -0.922. The van der Waals surface area contributed by atoms with E-state index >= 15 is 0 Å². The predicted molar refractivity (Wildman–Crippen MR) is 101 cm³/mol. The number of carboxylic acid groups (broad SMARTS) is 1. The van der Waals surface area contributed by atoms with Gasteiger partial charge in [0.2, 0.25) is 0 Å². The number of aromatic nitrogens is 2. The van der Waals surface area contributed by atoms with Gasteiger partial charge in [-0.05, 0) is 55.9 Å². The molecule has 7 heteroatoms. The summed E-state index contributed by atoms with van der Waals surface area (Å²) in [5, 5.41) is 12.9. The number of hydrogen-bond acceptors (Lipinski definition) is 6. The summed E-state index contributed by atoms with van der Waals surface area (Å²) in [5.74, 6) is 1.52. The van der Waals surface area contributed by atoms with E-state index in [0.29, 0.717) is 24.3 Å². The highest BCUT2D eigenvalue weighted by molar-refractivity contribution is 5.87. The second-order valence-electron chi connectivity index (χ2n) is 7.34. The maximum Gasteiger partial charge on any atom is 0.335 e. The fourth-order valence-electron chi connectivity index (χ4n) is 3.26. The molecule has 27 heavy (non-hydrogen) atoms. The number of ether oxygens (including phenoxy) is 1. The Bertz CT molecular complexity index is 734. The number of anilines is 1. The number of benzene rings is 1. The van der Waals surface area contributed by atoms with Gasteiger partial charge >= 0.3 is 12.0 Å². The number of carboxylic acids is 1. The zero-order chi connectivity index (χ0) is 19.2. The Morgan fingerprint density at radius 1 is 1.30 bits per heavy atom. The van der Waals surface area contributed by atoms with Crippen molar-refractivity contribution < 1.29 is 19.2 Å². The molecule has 1 aromatic carbocycles. The molecule has 0 aliphatic carbocycles. The molecule has 1 N–H and O–H groups in total. The normalized spacial score (nSPS) is 15.3. The Hall–Kier alpha value is -2.57. The van der Waals surface area contributed by atoms with Crippen molar-refractivity contribution in [2.24, 2.45) is 5.92 Å². The molecule has 2 heterocycles. The monoisotopic (exact) mass is 373 g/mol. The van der Waals surface area contributed by atoms with Gasteiger partial charge in [-0.3, -0.25) is 0 Å². The van der Waals surface area contributed by atoms with Crippen LogP contribution in [0.2, 0.25) is 0 Å². The highest BCUT2D eigenvalue weighted by Gasteiger charge is 2.23. The van der Waals surface area contributed by atoms with Gasteiger partial charge in [0.05, 0.1) is 12.2 Å². The van der Waals surface area contributed by atoms with Crippen LogP contribution in [0.4, 0.5) is 6.01 Å². The summed E-state index contributed by atoms with van der Waals surface area (Å²) in [6.45, 7) is 6.66. The topological polar surface area (TPSA) is 88.7 Å². The first kappa shape index (κ1) is 19.2. The highest BCUT2D eigenvalue weighted by atomic mass is 16.5. The largest absolute Gasteiger partial charge is 0.494 e. The van der Waals surface area contributed by atoms with Crippen molar-refractivity contribution in [3.05, 3.63) is 35.7 Å². The lowest BCUT2D eigenvalue weighted by Crippen LogP contribution is -2.34. The molecular weight excluding hydrogens is 346 g/mol. The third kappa shape index (κ3) is 5.21. The smallest absolute Gasteiger partial charge is 0.335 e. The zero-order valence-electron chi connectivity index (χ0n) is 15.9. The molecule has 1 aliphatic heterocycles. The molecule has 1 fully saturated rings. The summed E-state index contributed by atoms with van der Waals surface area (Å²) in [7, 11) is 0. The maximum atomic E-state index is 10.8. The average Bonchev–Trinajstić information content (AvgIpc) is 3.17. The molecule has 1 saturated heterocycles. The molecule has 0 atom stereocenters. The van der Waals surface area contributed by atoms with Gasteiger partial charge in [0, 0.05) is 19.0 Å². The minimum absolute atomic E-state index is 0.274. The molecule has 7 nitrogen and oxygen atoms in total. The first-order valence-electron chi connectivity index (χ1n) is 9.57. The molecule has 3 rings (SSSR count). The van der Waals surface area contributed by atoms with Crippen LogP contribution in [0.25, 0.3) is 0 Å². The van der Waals surface area contributed by atoms with Crippen LogP contribution in [0.3, 0.4) is 0 Å². The van der Waals surface area contributed by atoms with E-state index in [1.54, 1.807) is 24.3 Å². The van der Waals surface area contributed by atoms with Gasteiger partial charge in [-0.25, -0.2) is 4.79 Å². The molecule has 0 bridgehead atoms. The van der Waals surface area contributed by atoms with Crippen LogP contribution in [0, 0.1) is 5.92 Å². The van der Waals surface area contributed by atoms with E-state index in [0.717, 1.165) is 44.6 Å². The lowest BCUT2D eigenvalue weighted by molar-refractivity contribution is 0.0697. The Morgan fingerprint density at radius 3 is 2.59 bits per heavy atom. The maximum absolute atomic E-state index is 10.8. The van der Waals surface area contributed by atoms with Crippen molar-refractivity contribution in [1.29, 1.82) is 0 Å². The fourth-order valence-corrected chi connectivity index (χ4v) is 3.26. The number of aromatic carboxylic acids is 1. The summed E-state index contributed by atoms with van der Waals surface area (Å²) in [6, 6.07) is 7.19. The quantitative estimate of drug-likeness (QED) is 0.700. The minimum Gasteiger partial charge on any atom is -0.494 e. The zero-order valence-corrected chi connectivity index (χ0v) is 15.9. The summed E-state index contributed by atoms with van der Waals surface area (Å²) >= 11 is 0.